The number of benzene rings is 2. The highest BCUT2D eigenvalue weighted by Crippen LogP contribution is 2.30. The zero-order chi connectivity index (χ0) is 17.8. The molecular weight excluding hydrogens is 371 g/mol. The van der Waals surface area contributed by atoms with Crippen LogP contribution in [0.4, 0.5) is 0 Å². The number of ether oxygens (including phenoxy) is 1. The predicted octanol–water partition coefficient (Wildman–Crippen LogP) is 4.12. The molecule has 1 aliphatic rings. The molecule has 1 saturated heterocycles. The van der Waals surface area contributed by atoms with Crippen LogP contribution in [0.15, 0.2) is 48.5 Å². The second-order valence-electron chi connectivity index (χ2n) is 6.38. The Morgan fingerprint density at radius 1 is 1.23 bits per heavy atom. The van der Waals surface area contributed by atoms with E-state index in [1.165, 1.54) is 5.56 Å². The van der Waals surface area contributed by atoms with Crippen molar-refractivity contribution >= 4 is 29.9 Å². The number of hydrogen-bond donors (Lipinski definition) is 1. The molecular formula is C20H24Cl2N2O2. The third-order valence-electron chi connectivity index (χ3n) is 4.51. The largest absolute Gasteiger partial charge is 0.493 e. The number of halogens is 2. The van der Waals surface area contributed by atoms with E-state index in [9.17, 15) is 4.79 Å². The number of nitrogens with two attached hydrogens (primary N) is 1. The Kier molecular flexibility index (Phi) is 7.33. The molecule has 26 heavy (non-hydrogen) atoms. The van der Waals surface area contributed by atoms with Gasteiger partial charge < -0.3 is 15.4 Å². The van der Waals surface area contributed by atoms with Crippen molar-refractivity contribution in [3.8, 4) is 5.75 Å². The van der Waals surface area contributed by atoms with Gasteiger partial charge in [-0.05, 0) is 30.2 Å². The molecule has 4 nitrogen and oxygen atoms in total. The average molecular weight is 395 g/mol. The van der Waals surface area contributed by atoms with Gasteiger partial charge in [0, 0.05) is 30.1 Å². The Bertz CT molecular complexity index is 740. The second kappa shape index (κ2) is 9.26. The Labute approximate surface area is 165 Å². The summed E-state index contributed by atoms with van der Waals surface area (Å²) >= 11 is 6.10. The van der Waals surface area contributed by atoms with Crippen molar-refractivity contribution in [2.24, 2.45) is 5.73 Å². The van der Waals surface area contributed by atoms with Crippen LogP contribution in [-0.4, -0.2) is 36.5 Å². The first-order valence-corrected chi connectivity index (χ1v) is 9.00. The van der Waals surface area contributed by atoms with Crippen molar-refractivity contribution in [2.75, 3.05) is 19.7 Å². The minimum atomic E-state index is -0.0810. The molecule has 0 aromatic heterocycles. The summed E-state index contributed by atoms with van der Waals surface area (Å²) in [5.41, 5.74) is 7.98. The summed E-state index contributed by atoms with van der Waals surface area (Å²) in [7, 11) is 0. The van der Waals surface area contributed by atoms with E-state index >= 15 is 0 Å². The number of hydrogen-bond acceptors (Lipinski definition) is 3. The fraction of sp³-hybridized carbons (Fsp3) is 0.350. The summed E-state index contributed by atoms with van der Waals surface area (Å²) in [4.78, 5) is 14.8. The van der Waals surface area contributed by atoms with Gasteiger partial charge >= 0.3 is 0 Å². The molecule has 0 aliphatic carbocycles. The van der Waals surface area contributed by atoms with Gasteiger partial charge in [0.25, 0.3) is 5.91 Å². The van der Waals surface area contributed by atoms with Gasteiger partial charge in [-0.2, -0.15) is 0 Å². The van der Waals surface area contributed by atoms with Crippen LogP contribution in [0.3, 0.4) is 0 Å². The highest BCUT2D eigenvalue weighted by atomic mass is 35.5. The quantitative estimate of drug-likeness (QED) is 0.829. The van der Waals surface area contributed by atoms with E-state index in [0.29, 0.717) is 36.0 Å². The zero-order valence-electron chi connectivity index (χ0n) is 14.7. The molecule has 1 heterocycles. The van der Waals surface area contributed by atoms with Crippen LogP contribution in [0, 0.1) is 0 Å². The third-order valence-corrected chi connectivity index (χ3v) is 4.75. The fourth-order valence-electron chi connectivity index (χ4n) is 3.23. The lowest BCUT2D eigenvalue weighted by molar-refractivity contribution is 0.0784. The van der Waals surface area contributed by atoms with Crippen LogP contribution < -0.4 is 10.5 Å². The number of likely N-dealkylation sites (tertiary alicyclic amines) is 1. The van der Waals surface area contributed by atoms with E-state index in [1.807, 2.05) is 25.1 Å². The lowest BCUT2D eigenvalue weighted by Crippen LogP contribution is -2.32. The summed E-state index contributed by atoms with van der Waals surface area (Å²) in [6.07, 6.45) is 0.876. The van der Waals surface area contributed by atoms with Crippen LogP contribution in [0.25, 0.3) is 0 Å². The standard InChI is InChI=1S/C20H23ClN2O2.ClH/c1-2-10-25-19-9-8-15(21)11-16(19)20(24)23-12-17(18(22)13-23)14-6-4-3-5-7-14;/h3-9,11,17-18H,2,10,12-13,22H2,1H3;1H/t17-,18+;/m0./s1. The van der Waals surface area contributed by atoms with Crippen molar-refractivity contribution < 1.29 is 9.53 Å². The van der Waals surface area contributed by atoms with E-state index in [-0.39, 0.29) is 30.3 Å². The molecule has 3 rings (SSSR count). The summed E-state index contributed by atoms with van der Waals surface area (Å²) < 4.78 is 5.72. The van der Waals surface area contributed by atoms with Gasteiger partial charge in [-0.3, -0.25) is 4.79 Å². The summed E-state index contributed by atoms with van der Waals surface area (Å²) in [5.74, 6) is 0.639. The first-order valence-electron chi connectivity index (χ1n) is 8.62. The van der Waals surface area contributed by atoms with Gasteiger partial charge in [-0.15, -0.1) is 12.4 Å². The summed E-state index contributed by atoms with van der Waals surface area (Å²) in [6, 6.07) is 15.2. The lowest BCUT2D eigenvalue weighted by Gasteiger charge is -2.19. The molecule has 1 aliphatic heterocycles. The molecule has 2 atom stereocenters. The number of rotatable bonds is 5. The van der Waals surface area contributed by atoms with Crippen LogP contribution in [0.2, 0.25) is 5.02 Å². The van der Waals surface area contributed by atoms with Crippen LogP contribution in [-0.2, 0) is 0 Å². The molecule has 2 aromatic rings. The second-order valence-corrected chi connectivity index (χ2v) is 6.82. The van der Waals surface area contributed by atoms with Crippen LogP contribution >= 0.6 is 24.0 Å². The summed E-state index contributed by atoms with van der Waals surface area (Å²) in [6.45, 7) is 3.72. The van der Waals surface area contributed by atoms with Crippen molar-refractivity contribution in [3.63, 3.8) is 0 Å². The number of carbonyl (C=O) groups excluding carboxylic acids is 1. The molecule has 1 amide bonds. The molecule has 1 fully saturated rings. The zero-order valence-corrected chi connectivity index (χ0v) is 16.3. The van der Waals surface area contributed by atoms with E-state index in [4.69, 9.17) is 22.1 Å². The minimum absolute atomic E-state index is 0. The van der Waals surface area contributed by atoms with Crippen molar-refractivity contribution in [3.05, 3.63) is 64.7 Å². The van der Waals surface area contributed by atoms with E-state index in [0.717, 1.165) is 6.42 Å². The minimum Gasteiger partial charge on any atom is -0.493 e. The van der Waals surface area contributed by atoms with Crippen molar-refractivity contribution in [1.82, 2.24) is 4.90 Å². The number of amides is 1. The van der Waals surface area contributed by atoms with E-state index in [2.05, 4.69) is 12.1 Å². The first-order chi connectivity index (χ1) is 12.1. The smallest absolute Gasteiger partial charge is 0.257 e. The molecule has 0 bridgehead atoms. The van der Waals surface area contributed by atoms with Crippen LogP contribution in [0.5, 0.6) is 5.75 Å². The number of nitrogens with zero attached hydrogens (tertiary/aromatic N) is 1. The monoisotopic (exact) mass is 394 g/mol. The lowest BCUT2D eigenvalue weighted by atomic mass is 9.95. The van der Waals surface area contributed by atoms with Gasteiger partial charge in [0.2, 0.25) is 0 Å². The highest BCUT2D eigenvalue weighted by Gasteiger charge is 2.35. The topological polar surface area (TPSA) is 55.6 Å². The highest BCUT2D eigenvalue weighted by molar-refractivity contribution is 6.31. The molecule has 0 unspecified atom stereocenters. The SMILES string of the molecule is CCCOc1ccc(Cl)cc1C(=O)N1C[C@@H](N)[C@H](c2ccccc2)C1.Cl. The normalized spacial score (nSPS) is 19.1. The van der Waals surface area contributed by atoms with Gasteiger partial charge in [0.05, 0.1) is 12.2 Å². The fourth-order valence-corrected chi connectivity index (χ4v) is 3.40. The van der Waals surface area contributed by atoms with Crippen molar-refractivity contribution in [2.45, 2.75) is 25.3 Å². The van der Waals surface area contributed by atoms with E-state index in [1.54, 1.807) is 23.1 Å². The first kappa shape index (κ1) is 20.6. The molecule has 0 spiro atoms. The Hall–Kier alpha value is -1.75. The maximum absolute atomic E-state index is 13.0. The molecule has 0 radical (unpaired) electrons. The van der Waals surface area contributed by atoms with Gasteiger partial charge in [0.15, 0.2) is 0 Å². The van der Waals surface area contributed by atoms with Gasteiger partial charge in [0.1, 0.15) is 5.75 Å². The maximum Gasteiger partial charge on any atom is 0.257 e. The Morgan fingerprint density at radius 2 is 1.96 bits per heavy atom. The molecule has 2 aromatic carbocycles. The van der Waals surface area contributed by atoms with Gasteiger partial charge in [-0.1, -0.05) is 48.9 Å². The van der Waals surface area contributed by atoms with Crippen LogP contribution in [0.1, 0.15) is 35.2 Å². The van der Waals surface area contributed by atoms with E-state index < -0.39 is 0 Å². The maximum atomic E-state index is 13.0. The molecule has 0 saturated carbocycles. The summed E-state index contributed by atoms with van der Waals surface area (Å²) in [5, 5.41) is 0.523. The Morgan fingerprint density at radius 3 is 2.65 bits per heavy atom. The van der Waals surface area contributed by atoms with Gasteiger partial charge in [-0.25, -0.2) is 0 Å². The molecule has 6 heteroatoms. The van der Waals surface area contributed by atoms with Crippen molar-refractivity contribution in [1.29, 1.82) is 0 Å². The molecule has 2 N–H and O–H groups in total. The predicted molar refractivity (Wildman–Crippen MR) is 108 cm³/mol. The molecule has 140 valence electrons. The Balaban J connectivity index is 0.00000243. The average Bonchev–Trinajstić information content (AvgIpc) is 3.02. The third kappa shape index (κ3) is 4.50. The number of carbonyl (C=O) groups is 1.